The topological polar surface area (TPSA) is 83.6 Å². The number of benzene rings is 2. The summed E-state index contributed by atoms with van der Waals surface area (Å²) in [4.78, 5) is 0. The summed E-state index contributed by atoms with van der Waals surface area (Å²) in [7, 11) is 0. The van der Waals surface area contributed by atoms with Crippen LogP contribution in [0.2, 0.25) is 0 Å². The first-order valence-electron chi connectivity index (χ1n) is 8.32. The molecular formula is C19H24N2O4. The van der Waals surface area contributed by atoms with Crippen molar-refractivity contribution < 1.29 is 19.7 Å². The lowest BCUT2D eigenvalue weighted by Gasteiger charge is -2.08. The highest BCUT2D eigenvalue weighted by Crippen LogP contribution is 2.26. The van der Waals surface area contributed by atoms with Gasteiger partial charge in [0, 0.05) is 26.1 Å². The molecule has 2 rings (SSSR count). The zero-order valence-corrected chi connectivity index (χ0v) is 14.4. The normalized spacial score (nSPS) is 11.0. The third-order valence-corrected chi connectivity index (χ3v) is 3.41. The van der Waals surface area contributed by atoms with Crippen molar-refractivity contribution in [3.8, 4) is 11.5 Å². The van der Waals surface area contributed by atoms with Gasteiger partial charge in [-0.15, -0.1) is 0 Å². The van der Waals surface area contributed by atoms with Crippen LogP contribution in [0.25, 0.3) is 0 Å². The van der Waals surface area contributed by atoms with E-state index in [1.165, 1.54) is 0 Å². The van der Waals surface area contributed by atoms with Crippen LogP contribution in [-0.2, 0) is 0 Å². The van der Waals surface area contributed by atoms with Crippen LogP contribution in [-0.4, -0.2) is 36.6 Å². The third kappa shape index (κ3) is 6.52. The number of azo groups is 1. The van der Waals surface area contributed by atoms with Gasteiger partial charge in [-0.25, -0.2) is 0 Å². The second-order valence-corrected chi connectivity index (χ2v) is 5.49. The molecule has 0 bridgehead atoms. The van der Waals surface area contributed by atoms with Crippen LogP contribution in [0.15, 0.2) is 52.7 Å². The van der Waals surface area contributed by atoms with Gasteiger partial charge in [0.25, 0.3) is 0 Å². The standard InChI is InChI=1S/C19H24N2O4/c1-15-14-17(6-9-19(15)25-13-3-11-23)21-20-16-4-7-18(8-5-16)24-12-2-10-22/h4-9,14,22-23H,2-3,10-13H2,1H3/b21-20-. The molecule has 0 fully saturated rings. The fraction of sp³-hybridized carbons (Fsp3) is 0.368. The summed E-state index contributed by atoms with van der Waals surface area (Å²) in [5, 5.41) is 26.0. The Hall–Kier alpha value is -2.44. The van der Waals surface area contributed by atoms with Crippen molar-refractivity contribution in [1.29, 1.82) is 0 Å². The summed E-state index contributed by atoms with van der Waals surface area (Å²) in [5.41, 5.74) is 2.45. The number of hydrogen-bond acceptors (Lipinski definition) is 6. The molecule has 0 amide bonds. The molecule has 25 heavy (non-hydrogen) atoms. The number of hydrogen-bond donors (Lipinski definition) is 2. The molecule has 0 heterocycles. The minimum absolute atomic E-state index is 0.122. The van der Waals surface area contributed by atoms with Gasteiger partial charge in [-0.3, -0.25) is 0 Å². The minimum Gasteiger partial charge on any atom is -0.494 e. The Bertz CT molecular complexity index is 672. The summed E-state index contributed by atoms with van der Waals surface area (Å²) in [6, 6.07) is 12.9. The Morgan fingerprint density at radius 1 is 0.800 bits per heavy atom. The van der Waals surface area contributed by atoms with Crippen LogP contribution in [0.4, 0.5) is 11.4 Å². The number of aliphatic hydroxyl groups excluding tert-OH is 2. The lowest BCUT2D eigenvalue weighted by molar-refractivity contribution is 0.232. The van der Waals surface area contributed by atoms with Gasteiger partial charge in [0.05, 0.1) is 24.6 Å². The van der Waals surface area contributed by atoms with Gasteiger partial charge in [-0.1, -0.05) is 0 Å². The Labute approximate surface area is 147 Å². The van der Waals surface area contributed by atoms with Gasteiger partial charge in [-0.05, 0) is 55.0 Å². The van der Waals surface area contributed by atoms with Crippen LogP contribution in [0, 0.1) is 6.92 Å². The van der Waals surface area contributed by atoms with Gasteiger partial charge in [0.15, 0.2) is 0 Å². The molecule has 0 unspecified atom stereocenters. The molecule has 0 aliphatic rings. The second kappa shape index (κ2) is 10.4. The van der Waals surface area contributed by atoms with Crippen molar-refractivity contribution in [3.05, 3.63) is 48.0 Å². The summed E-state index contributed by atoms with van der Waals surface area (Å²) in [6.45, 7) is 3.17. The zero-order chi connectivity index (χ0) is 17.9. The molecule has 0 atom stereocenters. The van der Waals surface area contributed by atoms with E-state index in [1.807, 2.05) is 49.4 Å². The lowest BCUT2D eigenvalue weighted by atomic mass is 10.2. The summed E-state index contributed by atoms with van der Waals surface area (Å²) in [6.07, 6.45) is 1.22. The van der Waals surface area contributed by atoms with Crippen molar-refractivity contribution >= 4 is 11.4 Å². The van der Waals surface area contributed by atoms with E-state index in [-0.39, 0.29) is 13.2 Å². The van der Waals surface area contributed by atoms with Crippen LogP contribution in [0.1, 0.15) is 18.4 Å². The van der Waals surface area contributed by atoms with Crippen LogP contribution in [0.3, 0.4) is 0 Å². The highest BCUT2D eigenvalue weighted by Gasteiger charge is 2.01. The van der Waals surface area contributed by atoms with Gasteiger partial charge in [-0.2, -0.15) is 10.2 Å². The third-order valence-electron chi connectivity index (χ3n) is 3.41. The molecule has 0 spiro atoms. The van der Waals surface area contributed by atoms with E-state index in [9.17, 15) is 0 Å². The molecular weight excluding hydrogens is 320 g/mol. The predicted molar refractivity (Wildman–Crippen MR) is 96.2 cm³/mol. The Morgan fingerprint density at radius 3 is 2.04 bits per heavy atom. The average molecular weight is 344 g/mol. The van der Waals surface area contributed by atoms with Crippen LogP contribution in [0.5, 0.6) is 11.5 Å². The molecule has 2 aromatic rings. The number of rotatable bonds is 10. The maximum atomic E-state index is 8.78. The van der Waals surface area contributed by atoms with Crippen molar-refractivity contribution in [3.63, 3.8) is 0 Å². The number of aryl methyl sites for hydroxylation is 1. The molecule has 0 saturated carbocycles. The Kier molecular flexibility index (Phi) is 7.88. The predicted octanol–water partition coefficient (Wildman–Crippen LogP) is 3.93. The molecule has 134 valence electrons. The van der Waals surface area contributed by atoms with Gasteiger partial charge in [0.2, 0.25) is 0 Å². The monoisotopic (exact) mass is 344 g/mol. The van der Waals surface area contributed by atoms with Gasteiger partial charge < -0.3 is 19.7 Å². The maximum absolute atomic E-state index is 8.78. The van der Waals surface area contributed by atoms with Crippen molar-refractivity contribution in [2.45, 2.75) is 19.8 Å². The Balaban J connectivity index is 1.93. The molecule has 6 heteroatoms. The van der Waals surface area contributed by atoms with Crippen molar-refractivity contribution in [2.75, 3.05) is 26.4 Å². The van der Waals surface area contributed by atoms with E-state index in [4.69, 9.17) is 19.7 Å². The number of ether oxygens (including phenoxy) is 2. The first-order chi connectivity index (χ1) is 12.2. The smallest absolute Gasteiger partial charge is 0.122 e. The summed E-state index contributed by atoms with van der Waals surface area (Å²) in [5.74, 6) is 1.53. The van der Waals surface area contributed by atoms with Gasteiger partial charge >= 0.3 is 0 Å². The van der Waals surface area contributed by atoms with E-state index in [0.717, 1.165) is 28.4 Å². The first-order valence-corrected chi connectivity index (χ1v) is 8.32. The van der Waals surface area contributed by atoms with E-state index in [1.54, 1.807) is 0 Å². The zero-order valence-electron chi connectivity index (χ0n) is 14.4. The Morgan fingerprint density at radius 2 is 1.40 bits per heavy atom. The minimum atomic E-state index is 0.122. The van der Waals surface area contributed by atoms with E-state index in [2.05, 4.69) is 10.2 Å². The lowest BCUT2D eigenvalue weighted by Crippen LogP contribution is -2.00. The quantitative estimate of drug-likeness (QED) is 0.505. The van der Waals surface area contributed by atoms with Crippen LogP contribution >= 0.6 is 0 Å². The largest absolute Gasteiger partial charge is 0.494 e. The molecule has 2 N–H and O–H groups in total. The fourth-order valence-corrected chi connectivity index (χ4v) is 2.08. The SMILES string of the molecule is Cc1cc(/N=N\c2ccc(OCCCO)cc2)ccc1OCCCO. The van der Waals surface area contributed by atoms with Crippen molar-refractivity contribution in [2.24, 2.45) is 10.2 Å². The molecule has 0 radical (unpaired) electrons. The molecule has 0 aliphatic heterocycles. The first kappa shape index (κ1) is 18.9. The molecule has 6 nitrogen and oxygen atoms in total. The highest BCUT2D eigenvalue weighted by molar-refractivity contribution is 5.47. The highest BCUT2D eigenvalue weighted by atomic mass is 16.5. The average Bonchev–Trinajstić information content (AvgIpc) is 2.63. The molecule has 0 aromatic heterocycles. The maximum Gasteiger partial charge on any atom is 0.122 e. The van der Waals surface area contributed by atoms with E-state index >= 15 is 0 Å². The number of nitrogens with zero attached hydrogens (tertiary/aromatic N) is 2. The number of aliphatic hydroxyl groups is 2. The fourth-order valence-electron chi connectivity index (χ4n) is 2.08. The molecule has 0 aliphatic carbocycles. The van der Waals surface area contributed by atoms with Gasteiger partial charge in [0.1, 0.15) is 11.5 Å². The molecule has 0 saturated heterocycles. The summed E-state index contributed by atoms with van der Waals surface area (Å²) < 4.78 is 11.1. The van der Waals surface area contributed by atoms with Crippen LogP contribution < -0.4 is 9.47 Å². The second-order valence-electron chi connectivity index (χ2n) is 5.49. The van der Waals surface area contributed by atoms with Crippen molar-refractivity contribution in [1.82, 2.24) is 0 Å². The molecule has 2 aromatic carbocycles. The summed E-state index contributed by atoms with van der Waals surface area (Å²) >= 11 is 0. The van der Waals surface area contributed by atoms with E-state index < -0.39 is 0 Å². The van der Waals surface area contributed by atoms with E-state index in [0.29, 0.717) is 26.1 Å².